The van der Waals surface area contributed by atoms with Crippen molar-refractivity contribution < 1.29 is 22.8 Å². The smallest absolute Gasteiger partial charge is 0.335 e. The van der Waals surface area contributed by atoms with Crippen molar-refractivity contribution in [3.8, 4) is 0 Å². The monoisotopic (exact) mass is 376 g/mol. The summed E-state index contributed by atoms with van der Waals surface area (Å²) in [6.45, 7) is 2.00. The number of nitrogens with zero attached hydrogens (tertiary/aromatic N) is 1. The lowest BCUT2D eigenvalue weighted by Crippen LogP contribution is -2.40. The minimum atomic E-state index is -4.42. The van der Waals surface area contributed by atoms with Crippen LogP contribution in [0.2, 0.25) is 0 Å². The van der Waals surface area contributed by atoms with E-state index in [2.05, 4.69) is 5.32 Å². The van der Waals surface area contributed by atoms with Gasteiger partial charge in [-0.15, -0.1) is 0 Å². The first-order valence-corrected chi connectivity index (χ1v) is 8.58. The zero-order chi connectivity index (χ0) is 19.6. The Labute approximate surface area is 155 Å². The molecule has 0 radical (unpaired) electrons. The third-order valence-electron chi connectivity index (χ3n) is 4.69. The second-order valence-electron chi connectivity index (χ2n) is 6.50. The second-order valence-corrected chi connectivity index (χ2v) is 6.50. The van der Waals surface area contributed by atoms with Crippen molar-refractivity contribution in [1.82, 2.24) is 4.90 Å². The predicted octanol–water partition coefficient (Wildman–Crippen LogP) is 4.18. The Morgan fingerprint density at radius 3 is 2.41 bits per heavy atom. The average molecular weight is 376 g/mol. The topological polar surface area (TPSA) is 49.4 Å². The summed E-state index contributed by atoms with van der Waals surface area (Å²) in [6.07, 6.45) is -3.65. The molecule has 0 fully saturated rings. The normalized spacial score (nSPS) is 16.6. The number of halogens is 3. The van der Waals surface area contributed by atoms with Gasteiger partial charge in [0, 0.05) is 19.2 Å². The van der Waals surface area contributed by atoms with Crippen LogP contribution in [0.4, 0.5) is 18.9 Å². The van der Waals surface area contributed by atoms with Crippen molar-refractivity contribution in [2.45, 2.75) is 32.0 Å². The van der Waals surface area contributed by atoms with Gasteiger partial charge in [-0.25, -0.2) is 0 Å². The van der Waals surface area contributed by atoms with E-state index in [0.29, 0.717) is 6.54 Å². The zero-order valence-electron chi connectivity index (χ0n) is 14.7. The second kappa shape index (κ2) is 7.42. The summed E-state index contributed by atoms with van der Waals surface area (Å²) in [5.74, 6) is -0.473. The molecule has 4 nitrogen and oxygen atoms in total. The van der Waals surface area contributed by atoms with Crippen molar-refractivity contribution in [3.05, 3.63) is 65.2 Å². The number of amides is 2. The van der Waals surface area contributed by atoms with Crippen LogP contribution < -0.4 is 5.32 Å². The van der Waals surface area contributed by atoms with E-state index in [9.17, 15) is 22.8 Å². The van der Waals surface area contributed by atoms with E-state index >= 15 is 0 Å². The molecule has 0 saturated carbocycles. The van der Waals surface area contributed by atoms with Crippen molar-refractivity contribution in [2.24, 2.45) is 0 Å². The molecule has 142 valence electrons. The third-order valence-corrected chi connectivity index (χ3v) is 4.69. The molecule has 0 spiro atoms. The largest absolute Gasteiger partial charge is 0.416 e. The first-order chi connectivity index (χ1) is 12.8. The number of rotatable bonds is 3. The Hall–Kier alpha value is -2.83. The van der Waals surface area contributed by atoms with Crippen molar-refractivity contribution in [1.29, 1.82) is 0 Å². The van der Waals surface area contributed by atoms with Gasteiger partial charge in [-0.1, -0.05) is 24.3 Å². The first kappa shape index (κ1) is 18.9. The molecule has 1 heterocycles. The number of alkyl halides is 3. The molecule has 1 aliphatic heterocycles. The highest BCUT2D eigenvalue weighted by Crippen LogP contribution is 2.33. The van der Waals surface area contributed by atoms with Gasteiger partial charge in [0.05, 0.1) is 18.0 Å². The number of benzene rings is 2. The maximum absolute atomic E-state index is 12.6. The van der Waals surface area contributed by atoms with Crippen LogP contribution in [-0.2, 0) is 22.2 Å². The highest BCUT2D eigenvalue weighted by Gasteiger charge is 2.31. The van der Waals surface area contributed by atoms with Crippen LogP contribution in [0.1, 0.15) is 36.1 Å². The summed E-state index contributed by atoms with van der Waals surface area (Å²) < 4.78 is 37.9. The van der Waals surface area contributed by atoms with Gasteiger partial charge in [0.2, 0.25) is 11.8 Å². The van der Waals surface area contributed by atoms with E-state index in [0.717, 1.165) is 29.7 Å². The molecule has 2 aromatic rings. The summed E-state index contributed by atoms with van der Waals surface area (Å²) in [7, 11) is 0. The molecule has 1 aliphatic rings. The quantitative estimate of drug-likeness (QED) is 0.874. The van der Waals surface area contributed by atoms with Crippen LogP contribution in [-0.4, -0.2) is 23.3 Å². The third kappa shape index (κ3) is 4.30. The Balaban J connectivity index is 1.75. The minimum absolute atomic E-state index is 0.0393. The van der Waals surface area contributed by atoms with Crippen LogP contribution in [0, 0.1) is 0 Å². The lowest BCUT2D eigenvalue weighted by Gasteiger charge is -2.36. The molecule has 2 amide bonds. The lowest BCUT2D eigenvalue weighted by molar-refractivity contribution is -0.137. The number of carbonyl (C=O) groups excluding carboxylic acids is 2. The highest BCUT2D eigenvalue weighted by molar-refractivity contribution is 5.91. The molecule has 2 aromatic carbocycles. The van der Waals surface area contributed by atoms with Gasteiger partial charge in [-0.3, -0.25) is 9.59 Å². The Bertz CT molecular complexity index is 847. The molecule has 0 bridgehead atoms. The van der Waals surface area contributed by atoms with Crippen molar-refractivity contribution in [3.63, 3.8) is 0 Å². The van der Waals surface area contributed by atoms with Gasteiger partial charge in [0.1, 0.15) is 0 Å². The van der Waals surface area contributed by atoms with Gasteiger partial charge in [-0.05, 0) is 41.8 Å². The Morgan fingerprint density at radius 1 is 1.11 bits per heavy atom. The summed E-state index contributed by atoms with van der Waals surface area (Å²) in [5.41, 5.74) is 1.54. The highest BCUT2D eigenvalue weighted by atomic mass is 19.4. The van der Waals surface area contributed by atoms with E-state index in [4.69, 9.17) is 0 Å². The SMILES string of the molecule is CC(=O)N1CCc2ccccc2C1CC(=O)Nc1ccc(C(F)(F)F)cc1. The van der Waals surface area contributed by atoms with Crippen LogP contribution in [0.3, 0.4) is 0 Å². The molecule has 1 N–H and O–H groups in total. The van der Waals surface area contributed by atoms with E-state index in [1.165, 1.54) is 19.1 Å². The molecule has 7 heteroatoms. The molecule has 1 unspecified atom stereocenters. The zero-order valence-corrected chi connectivity index (χ0v) is 14.7. The van der Waals surface area contributed by atoms with E-state index in [-0.39, 0.29) is 30.0 Å². The number of fused-ring (bicyclic) bond motifs is 1. The molecule has 0 aliphatic carbocycles. The fraction of sp³-hybridized carbons (Fsp3) is 0.300. The number of hydrogen-bond donors (Lipinski definition) is 1. The summed E-state index contributed by atoms with van der Waals surface area (Å²) in [6, 6.07) is 11.6. The van der Waals surface area contributed by atoms with Gasteiger partial charge in [0.15, 0.2) is 0 Å². The minimum Gasteiger partial charge on any atom is -0.335 e. The molecule has 1 atom stereocenters. The lowest BCUT2D eigenvalue weighted by atomic mass is 9.90. The number of hydrogen-bond acceptors (Lipinski definition) is 2. The Morgan fingerprint density at radius 2 is 1.78 bits per heavy atom. The van der Waals surface area contributed by atoms with Crippen LogP contribution in [0.5, 0.6) is 0 Å². The summed E-state index contributed by atoms with van der Waals surface area (Å²) >= 11 is 0. The maximum Gasteiger partial charge on any atom is 0.416 e. The molecular weight excluding hydrogens is 357 g/mol. The average Bonchev–Trinajstić information content (AvgIpc) is 2.61. The van der Waals surface area contributed by atoms with Gasteiger partial charge >= 0.3 is 6.18 Å². The van der Waals surface area contributed by atoms with Gasteiger partial charge in [-0.2, -0.15) is 13.2 Å². The summed E-state index contributed by atoms with van der Waals surface area (Å²) in [5, 5.41) is 2.61. The standard InChI is InChI=1S/C20H19F3N2O2/c1-13(26)25-11-10-14-4-2-3-5-17(14)18(25)12-19(27)24-16-8-6-15(7-9-16)20(21,22)23/h2-9,18H,10-12H2,1H3,(H,24,27). The van der Waals surface area contributed by atoms with E-state index < -0.39 is 11.7 Å². The maximum atomic E-state index is 12.6. The van der Waals surface area contributed by atoms with Crippen molar-refractivity contribution >= 4 is 17.5 Å². The molecule has 3 rings (SSSR count). The Kier molecular flexibility index (Phi) is 5.21. The van der Waals surface area contributed by atoms with Gasteiger partial charge in [0.25, 0.3) is 0 Å². The fourth-order valence-electron chi connectivity index (χ4n) is 3.38. The molecular formula is C20H19F3N2O2. The van der Waals surface area contributed by atoms with Crippen LogP contribution in [0.25, 0.3) is 0 Å². The van der Waals surface area contributed by atoms with Crippen LogP contribution in [0.15, 0.2) is 48.5 Å². The fourth-order valence-corrected chi connectivity index (χ4v) is 3.38. The summed E-state index contributed by atoms with van der Waals surface area (Å²) in [4.78, 5) is 26.1. The molecule has 0 aromatic heterocycles. The van der Waals surface area contributed by atoms with E-state index in [1.807, 2.05) is 24.3 Å². The number of carbonyl (C=O) groups is 2. The molecule has 0 saturated heterocycles. The molecule has 27 heavy (non-hydrogen) atoms. The number of nitrogens with one attached hydrogen (secondary N) is 1. The first-order valence-electron chi connectivity index (χ1n) is 8.58. The van der Waals surface area contributed by atoms with Crippen LogP contribution >= 0.6 is 0 Å². The predicted molar refractivity (Wildman–Crippen MR) is 95.0 cm³/mol. The van der Waals surface area contributed by atoms with Crippen molar-refractivity contribution in [2.75, 3.05) is 11.9 Å². The number of anilines is 1. The van der Waals surface area contributed by atoms with E-state index in [1.54, 1.807) is 4.90 Å². The van der Waals surface area contributed by atoms with Gasteiger partial charge < -0.3 is 10.2 Å².